The number of fused-ring (bicyclic) bond motifs is 1. The smallest absolute Gasteiger partial charge is 0.219 e. The summed E-state index contributed by atoms with van der Waals surface area (Å²) in [7, 11) is 0. The molecule has 0 spiro atoms. The molecule has 1 aromatic heterocycles. The number of H-pyrrole nitrogens is 1. The fourth-order valence-corrected chi connectivity index (χ4v) is 2.78. The van der Waals surface area contributed by atoms with Crippen molar-refractivity contribution in [3.63, 3.8) is 0 Å². The number of imidazole rings is 1. The van der Waals surface area contributed by atoms with E-state index in [2.05, 4.69) is 14.8 Å². The summed E-state index contributed by atoms with van der Waals surface area (Å²) in [6.45, 7) is 7.02. The second-order valence-corrected chi connectivity index (χ2v) is 5.81. The van der Waals surface area contributed by atoms with Crippen molar-refractivity contribution in [2.24, 2.45) is 11.5 Å². The molecule has 5 N–H and O–H groups in total. The number of aromatic amines is 1. The Morgan fingerprint density at radius 2 is 2.12 bits per heavy atom. The van der Waals surface area contributed by atoms with E-state index >= 15 is 0 Å². The minimum absolute atomic E-state index is 0.0244. The van der Waals surface area contributed by atoms with E-state index in [1.54, 1.807) is 12.1 Å². The Kier molecular flexibility index (Phi) is 4.21. The van der Waals surface area contributed by atoms with Crippen LogP contribution in [0.15, 0.2) is 36.4 Å². The van der Waals surface area contributed by atoms with E-state index < -0.39 is 11.9 Å². The third-order valence-corrected chi connectivity index (χ3v) is 3.98. The van der Waals surface area contributed by atoms with Crippen molar-refractivity contribution in [1.82, 2.24) is 9.97 Å². The maximum absolute atomic E-state index is 11.0. The van der Waals surface area contributed by atoms with Crippen LogP contribution in [0.5, 0.6) is 0 Å². The summed E-state index contributed by atoms with van der Waals surface area (Å²) < 4.78 is 0. The largest absolute Gasteiger partial charge is 0.370 e. The third kappa shape index (κ3) is 3.08. The highest BCUT2D eigenvalue weighted by atomic mass is 35.5. The second-order valence-electron chi connectivity index (χ2n) is 5.41. The van der Waals surface area contributed by atoms with Gasteiger partial charge in [0.1, 0.15) is 5.82 Å². The van der Waals surface area contributed by atoms with E-state index in [-0.39, 0.29) is 6.42 Å². The molecule has 0 aliphatic carbocycles. The number of hydrogen-bond acceptors (Lipinski definition) is 3. The van der Waals surface area contributed by atoms with Gasteiger partial charge in [0.15, 0.2) is 5.69 Å². The van der Waals surface area contributed by atoms with Gasteiger partial charge < -0.3 is 16.5 Å². The Morgan fingerprint density at radius 3 is 2.79 bits per heavy atom. The summed E-state index contributed by atoms with van der Waals surface area (Å²) in [4.78, 5) is 21.9. The molecular formula is C17H14ClN5O. The van der Waals surface area contributed by atoms with Crippen LogP contribution in [0.4, 0.5) is 5.69 Å². The van der Waals surface area contributed by atoms with Gasteiger partial charge in [-0.15, -0.1) is 0 Å². The molecule has 0 saturated carbocycles. The Balaban J connectivity index is 2.00. The molecule has 0 aliphatic rings. The average Bonchev–Trinajstić information content (AvgIpc) is 2.97. The third-order valence-electron chi connectivity index (χ3n) is 3.67. The van der Waals surface area contributed by atoms with Crippen LogP contribution >= 0.6 is 11.6 Å². The number of nitrogens with two attached hydrogens (primary N) is 2. The lowest BCUT2D eigenvalue weighted by atomic mass is 10.0. The molecule has 120 valence electrons. The van der Waals surface area contributed by atoms with Crippen molar-refractivity contribution in [2.45, 2.75) is 12.5 Å². The SMILES string of the molecule is [C-]#[N+]c1ccc(-c2ccc3nc([C@@H](N)CC(N)=O)[nH]c3c2)c(Cl)c1. The first kappa shape index (κ1) is 16.0. The number of aromatic nitrogens is 2. The zero-order valence-electron chi connectivity index (χ0n) is 12.6. The van der Waals surface area contributed by atoms with E-state index in [9.17, 15) is 4.79 Å². The molecule has 0 saturated heterocycles. The van der Waals surface area contributed by atoms with Crippen molar-refractivity contribution < 1.29 is 4.79 Å². The minimum atomic E-state index is -0.570. The molecule has 0 bridgehead atoms. The standard InChI is InChI=1S/C17H14ClN5O/c1-21-10-3-4-11(12(18)7-10)9-2-5-14-15(6-9)23-17(22-14)13(19)8-16(20)24/h2-7,13H,8,19H2,(H2,20,24)(H,22,23)/t13-/m0/s1. The van der Waals surface area contributed by atoms with Gasteiger partial charge in [-0.2, -0.15) is 0 Å². The number of rotatable bonds is 4. The average molecular weight is 340 g/mol. The first-order valence-corrected chi connectivity index (χ1v) is 7.56. The Hall–Kier alpha value is -2.88. The number of benzene rings is 2. The highest BCUT2D eigenvalue weighted by Gasteiger charge is 2.14. The number of nitrogens with one attached hydrogen (secondary N) is 1. The van der Waals surface area contributed by atoms with E-state index in [4.69, 9.17) is 29.6 Å². The van der Waals surface area contributed by atoms with Gasteiger partial charge in [0, 0.05) is 11.4 Å². The quantitative estimate of drug-likeness (QED) is 0.635. The van der Waals surface area contributed by atoms with Crippen LogP contribution in [0.3, 0.4) is 0 Å². The van der Waals surface area contributed by atoms with Gasteiger partial charge >= 0.3 is 0 Å². The van der Waals surface area contributed by atoms with E-state index in [1.165, 1.54) is 0 Å². The Morgan fingerprint density at radius 1 is 1.33 bits per heavy atom. The molecule has 6 nitrogen and oxygen atoms in total. The van der Waals surface area contributed by atoms with E-state index in [0.29, 0.717) is 16.5 Å². The molecule has 3 aromatic rings. The van der Waals surface area contributed by atoms with Gasteiger partial charge in [-0.1, -0.05) is 29.8 Å². The molecule has 0 aliphatic heterocycles. The molecular weight excluding hydrogens is 326 g/mol. The highest BCUT2D eigenvalue weighted by molar-refractivity contribution is 6.33. The first-order valence-electron chi connectivity index (χ1n) is 7.19. The van der Waals surface area contributed by atoms with Crippen molar-refractivity contribution in [3.05, 3.63) is 58.7 Å². The second kappa shape index (κ2) is 6.32. The zero-order valence-corrected chi connectivity index (χ0v) is 13.3. The lowest BCUT2D eigenvalue weighted by Gasteiger charge is -2.05. The molecule has 3 rings (SSSR count). The lowest BCUT2D eigenvalue weighted by molar-refractivity contribution is -0.118. The summed E-state index contributed by atoms with van der Waals surface area (Å²) in [5.74, 6) is 0.0331. The van der Waals surface area contributed by atoms with Gasteiger partial charge in [0.2, 0.25) is 5.91 Å². The Bertz CT molecular complexity index is 973. The number of carbonyl (C=O) groups is 1. The van der Waals surface area contributed by atoms with E-state index in [0.717, 1.165) is 22.2 Å². The van der Waals surface area contributed by atoms with E-state index in [1.807, 2.05) is 24.3 Å². The topological polar surface area (TPSA) is 102 Å². The minimum Gasteiger partial charge on any atom is -0.370 e. The van der Waals surface area contributed by atoms with Gasteiger partial charge in [-0.25, -0.2) is 9.83 Å². The summed E-state index contributed by atoms with van der Waals surface area (Å²) >= 11 is 6.27. The van der Waals surface area contributed by atoms with Gasteiger partial charge in [-0.3, -0.25) is 4.79 Å². The number of amides is 1. The van der Waals surface area contributed by atoms with Crippen LogP contribution < -0.4 is 11.5 Å². The Labute approximate surface area is 143 Å². The molecule has 1 amide bonds. The monoisotopic (exact) mass is 339 g/mol. The number of primary amides is 1. The predicted octanol–water partition coefficient (Wildman–Crippen LogP) is 3.31. The molecule has 0 radical (unpaired) electrons. The van der Waals surface area contributed by atoms with Gasteiger partial charge in [0.05, 0.1) is 23.6 Å². The van der Waals surface area contributed by atoms with Gasteiger partial charge in [0.25, 0.3) is 0 Å². The van der Waals surface area contributed by atoms with Crippen LogP contribution in [0.1, 0.15) is 18.3 Å². The highest BCUT2D eigenvalue weighted by Crippen LogP contribution is 2.32. The molecule has 1 atom stereocenters. The maximum Gasteiger partial charge on any atom is 0.219 e. The van der Waals surface area contributed by atoms with Gasteiger partial charge in [-0.05, 0) is 29.3 Å². The molecule has 0 fully saturated rings. The summed E-state index contributed by atoms with van der Waals surface area (Å²) in [5, 5.41) is 0.507. The molecule has 24 heavy (non-hydrogen) atoms. The molecule has 2 aromatic carbocycles. The van der Waals surface area contributed by atoms with Crippen molar-refractivity contribution in [2.75, 3.05) is 0 Å². The van der Waals surface area contributed by atoms with Crippen molar-refractivity contribution >= 4 is 34.2 Å². The normalized spacial score (nSPS) is 12.0. The molecule has 1 heterocycles. The summed E-state index contributed by atoms with van der Waals surface area (Å²) in [5.41, 5.74) is 14.8. The van der Waals surface area contributed by atoms with Crippen LogP contribution in [0.2, 0.25) is 5.02 Å². The number of hydrogen-bond donors (Lipinski definition) is 3. The van der Waals surface area contributed by atoms with Crippen LogP contribution in [0, 0.1) is 6.57 Å². The molecule has 0 unspecified atom stereocenters. The lowest BCUT2D eigenvalue weighted by Crippen LogP contribution is -2.21. The number of carbonyl (C=O) groups excluding carboxylic acids is 1. The van der Waals surface area contributed by atoms with Crippen LogP contribution in [-0.4, -0.2) is 15.9 Å². The van der Waals surface area contributed by atoms with Crippen LogP contribution in [0.25, 0.3) is 27.0 Å². The zero-order chi connectivity index (χ0) is 17.3. The number of nitrogens with zero attached hydrogens (tertiary/aromatic N) is 2. The van der Waals surface area contributed by atoms with Crippen molar-refractivity contribution in [3.8, 4) is 11.1 Å². The molecule has 7 heteroatoms. The fraction of sp³-hybridized carbons (Fsp3) is 0.118. The number of halogens is 1. The maximum atomic E-state index is 11.0. The van der Waals surface area contributed by atoms with Crippen LogP contribution in [-0.2, 0) is 4.79 Å². The summed E-state index contributed by atoms with van der Waals surface area (Å²) in [6, 6.07) is 10.2. The van der Waals surface area contributed by atoms with Crippen molar-refractivity contribution in [1.29, 1.82) is 0 Å². The predicted molar refractivity (Wildman–Crippen MR) is 93.5 cm³/mol. The first-order chi connectivity index (χ1) is 11.5. The summed E-state index contributed by atoms with van der Waals surface area (Å²) in [6.07, 6.45) is 0.0244. The fourth-order valence-electron chi connectivity index (χ4n) is 2.49.